The topological polar surface area (TPSA) is 78.9 Å². The number of rotatable bonds is 66. The molecule has 1 unspecified atom stereocenters. The zero-order valence-corrected chi connectivity index (χ0v) is 53.9. The van der Waals surface area contributed by atoms with E-state index in [1.54, 1.807) is 0 Å². The average Bonchev–Trinajstić information content (AvgIpc) is 3.46. The van der Waals surface area contributed by atoms with Gasteiger partial charge in [-0.15, -0.1) is 0 Å². The van der Waals surface area contributed by atoms with Crippen LogP contribution in [0, 0.1) is 0 Å². The number of hydrogen-bond donors (Lipinski definition) is 0. The van der Waals surface area contributed by atoms with E-state index < -0.39 is 6.10 Å². The second kappa shape index (κ2) is 68.9. The third-order valence-corrected chi connectivity index (χ3v) is 16.1. The molecule has 0 aromatic rings. The minimum atomic E-state index is -0.776. The van der Waals surface area contributed by atoms with Gasteiger partial charge in [0, 0.05) is 19.3 Å². The molecule has 6 nitrogen and oxygen atoms in total. The molecule has 0 saturated carbocycles. The van der Waals surface area contributed by atoms with Crippen molar-refractivity contribution in [3.05, 3.63) is 48.6 Å². The summed E-state index contributed by atoms with van der Waals surface area (Å²) in [6, 6.07) is 0. The van der Waals surface area contributed by atoms with Crippen molar-refractivity contribution >= 4 is 17.9 Å². The first-order chi connectivity index (χ1) is 39.5. The Labute approximate surface area is 498 Å². The van der Waals surface area contributed by atoms with Gasteiger partial charge in [0.05, 0.1) is 0 Å². The molecule has 0 aromatic carbocycles. The summed E-state index contributed by atoms with van der Waals surface area (Å²) >= 11 is 0. The van der Waals surface area contributed by atoms with E-state index in [1.165, 1.54) is 276 Å². The highest BCUT2D eigenvalue weighted by Crippen LogP contribution is 2.18. The Kier molecular flexibility index (Phi) is 66.6. The van der Waals surface area contributed by atoms with Crippen molar-refractivity contribution in [2.24, 2.45) is 0 Å². The fraction of sp³-hybridized carbons (Fsp3) is 0.851. The Morgan fingerprint density at radius 3 is 0.713 bits per heavy atom. The Morgan fingerprint density at radius 2 is 0.450 bits per heavy atom. The number of esters is 3. The number of ether oxygens (including phenoxy) is 3. The fourth-order valence-electron chi connectivity index (χ4n) is 10.7. The summed E-state index contributed by atoms with van der Waals surface area (Å²) in [5, 5.41) is 0. The summed E-state index contributed by atoms with van der Waals surface area (Å²) < 4.78 is 17.0. The highest BCUT2D eigenvalue weighted by atomic mass is 16.6. The molecule has 0 aromatic heterocycles. The van der Waals surface area contributed by atoms with Crippen LogP contribution in [0.2, 0.25) is 0 Å². The van der Waals surface area contributed by atoms with Gasteiger partial charge in [-0.05, 0) is 83.5 Å². The molecule has 6 heteroatoms. The molecule has 0 N–H and O–H groups in total. The van der Waals surface area contributed by atoms with Crippen LogP contribution in [-0.2, 0) is 28.6 Å². The standard InChI is InChI=1S/C74H136O6/c1-4-7-10-13-16-19-22-25-28-31-34-35-36-37-38-39-41-43-46-49-52-55-58-61-64-67-73(76)79-70-71(69-78-72(75)66-63-60-57-54-51-48-45-42-33-30-27-24-21-18-15-12-9-6-3)80-74(77)68-65-62-59-56-53-50-47-44-40-32-29-26-23-20-17-14-11-8-5-2/h22,25,30-31,33-34,36-37,71H,4-21,23-24,26-29,32,35,38-70H2,1-3H3/b25-22-,33-30-,34-31-,37-36-. The first-order valence-electron chi connectivity index (χ1n) is 35.6. The van der Waals surface area contributed by atoms with E-state index in [9.17, 15) is 14.4 Å². The van der Waals surface area contributed by atoms with Crippen LogP contribution in [-0.4, -0.2) is 37.2 Å². The third kappa shape index (κ3) is 66.2. The van der Waals surface area contributed by atoms with Gasteiger partial charge in [-0.2, -0.15) is 0 Å². The largest absolute Gasteiger partial charge is 0.462 e. The molecule has 0 rings (SSSR count). The second-order valence-electron chi connectivity index (χ2n) is 24.1. The van der Waals surface area contributed by atoms with E-state index >= 15 is 0 Å². The predicted molar refractivity (Wildman–Crippen MR) is 349 cm³/mol. The lowest BCUT2D eigenvalue weighted by Gasteiger charge is -2.18. The molecule has 0 aliphatic rings. The molecule has 80 heavy (non-hydrogen) atoms. The minimum absolute atomic E-state index is 0.0722. The van der Waals surface area contributed by atoms with E-state index in [-0.39, 0.29) is 31.1 Å². The van der Waals surface area contributed by atoms with Gasteiger partial charge in [-0.3, -0.25) is 14.4 Å². The summed E-state index contributed by atoms with van der Waals surface area (Å²) in [6.07, 6.45) is 87.0. The maximum Gasteiger partial charge on any atom is 0.306 e. The molecule has 0 bridgehead atoms. The molecule has 0 aliphatic heterocycles. The monoisotopic (exact) mass is 1120 g/mol. The summed E-state index contributed by atoms with van der Waals surface area (Å²) in [6.45, 7) is 6.69. The molecule has 1 atom stereocenters. The molecule has 468 valence electrons. The van der Waals surface area contributed by atoms with Gasteiger partial charge in [0.25, 0.3) is 0 Å². The summed E-state index contributed by atoms with van der Waals surface area (Å²) in [5.74, 6) is -0.852. The molecule has 0 radical (unpaired) electrons. The summed E-state index contributed by atoms with van der Waals surface area (Å²) in [7, 11) is 0. The van der Waals surface area contributed by atoms with Crippen LogP contribution in [0.3, 0.4) is 0 Å². The lowest BCUT2D eigenvalue weighted by molar-refractivity contribution is -0.167. The van der Waals surface area contributed by atoms with Crippen LogP contribution in [0.4, 0.5) is 0 Å². The van der Waals surface area contributed by atoms with E-state index in [4.69, 9.17) is 14.2 Å². The Morgan fingerprint density at radius 1 is 0.250 bits per heavy atom. The highest BCUT2D eigenvalue weighted by Gasteiger charge is 2.19. The van der Waals surface area contributed by atoms with Crippen molar-refractivity contribution in [3.8, 4) is 0 Å². The molecule has 0 saturated heterocycles. The average molecular weight is 1120 g/mol. The van der Waals surface area contributed by atoms with Gasteiger partial charge in [0.1, 0.15) is 13.2 Å². The molecule has 0 fully saturated rings. The fourth-order valence-corrected chi connectivity index (χ4v) is 10.7. The minimum Gasteiger partial charge on any atom is -0.462 e. The maximum atomic E-state index is 13.0. The normalized spacial score (nSPS) is 12.3. The first kappa shape index (κ1) is 77.4. The summed E-state index contributed by atoms with van der Waals surface area (Å²) in [4.78, 5) is 38.5. The summed E-state index contributed by atoms with van der Waals surface area (Å²) in [5.41, 5.74) is 0. The molecule has 0 amide bonds. The van der Waals surface area contributed by atoms with Crippen LogP contribution in [0.1, 0.15) is 387 Å². The Balaban J connectivity index is 4.32. The number of allylic oxidation sites excluding steroid dienone is 8. The van der Waals surface area contributed by atoms with Crippen molar-refractivity contribution < 1.29 is 28.6 Å². The van der Waals surface area contributed by atoms with Crippen LogP contribution in [0.15, 0.2) is 48.6 Å². The number of carbonyl (C=O) groups excluding carboxylic acids is 3. The second-order valence-corrected chi connectivity index (χ2v) is 24.1. The lowest BCUT2D eigenvalue weighted by atomic mass is 10.0. The van der Waals surface area contributed by atoms with Gasteiger partial charge >= 0.3 is 17.9 Å². The van der Waals surface area contributed by atoms with Gasteiger partial charge in [0.2, 0.25) is 0 Å². The van der Waals surface area contributed by atoms with Gasteiger partial charge in [0.15, 0.2) is 6.10 Å². The molecule has 0 aliphatic carbocycles. The van der Waals surface area contributed by atoms with E-state index in [0.717, 1.165) is 70.6 Å². The van der Waals surface area contributed by atoms with Crippen LogP contribution >= 0.6 is 0 Å². The first-order valence-corrected chi connectivity index (χ1v) is 35.6. The molecule has 0 heterocycles. The third-order valence-electron chi connectivity index (χ3n) is 16.1. The number of hydrogen-bond acceptors (Lipinski definition) is 6. The van der Waals surface area contributed by atoms with Crippen molar-refractivity contribution in [1.29, 1.82) is 0 Å². The predicted octanol–water partition coefficient (Wildman–Crippen LogP) is 24.5. The van der Waals surface area contributed by atoms with Gasteiger partial charge in [-0.1, -0.05) is 333 Å². The number of carbonyl (C=O) groups is 3. The van der Waals surface area contributed by atoms with Crippen molar-refractivity contribution in [2.45, 2.75) is 393 Å². The van der Waals surface area contributed by atoms with Crippen molar-refractivity contribution in [3.63, 3.8) is 0 Å². The van der Waals surface area contributed by atoms with Crippen LogP contribution in [0.5, 0.6) is 0 Å². The SMILES string of the molecule is CCCCCCC/C=C\C/C=C\C/C=C\CCCCCCCCCCCCC(=O)OCC(COC(=O)CCCCCCCCC/C=C\CCCCCCCCC)OC(=O)CCCCCCCCCCCCCCCCCCCCC. The molecular formula is C74H136O6. The Hall–Kier alpha value is -2.63. The van der Waals surface area contributed by atoms with Crippen LogP contribution in [0.25, 0.3) is 0 Å². The van der Waals surface area contributed by atoms with E-state index in [1.807, 2.05) is 0 Å². The molecule has 0 spiro atoms. The van der Waals surface area contributed by atoms with Crippen LogP contribution < -0.4 is 0 Å². The molecular weight excluding hydrogens is 985 g/mol. The van der Waals surface area contributed by atoms with Gasteiger partial charge in [-0.25, -0.2) is 0 Å². The Bertz CT molecular complexity index is 1380. The van der Waals surface area contributed by atoms with E-state index in [0.29, 0.717) is 19.3 Å². The highest BCUT2D eigenvalue weighted by molar-refractivity contribution is 5.71. The van der Waals surface area contributed by atoms with E-state index in [2.05, 4.69) is 69.4 Å². The van der Waals surface area contributed by atoms with Gasteiger partial charge < -0.3 is 14.2 Å². The quantitative estimate of drug-likeness (QED) is 0.0261. The zero-order chi connectivity index (χ0) is 57.8. The van der Waals surface area contributed by atoms with Crippen molar-refractivity contribution in [2.75, 3.05) is 13.2 Å². The zero-order valence-electron chi connectivity index (χ0n) is 53.9. The number of unbranched alkanes of at least 4 members (excludes halogenated alkanes) is 47. The smallest absolute Gasteiger partial charge is 0.306 e. The maximum absolute atomic E-state index is 13.0. The lowest BCUT2D eigenvalue weighted by Crippen LogP contribution is -2.30. The van der Waals surface area contributed by atoms with Crippen molar-refractivity contribution in [1.82, 2.24) is 0 Å².